The van der Waals surface area contributed by atoms with E-state index in [1.807, 2.05) is 31.2 Å². The van der Waals surface area contributed by atoms with Crippen molar-refractivity contribution in [3.8, 4) is 5.75 Å². The number of aryl methyl sites for hydroxylation is 1. The van der Waals surface area contributed by atoms with Gasteiger partial charge >= 0.3 is 0 Å². The van der Waals surface area contributed by atoms with Gasteiger partial charge in [0.05, 0.1) is 23.7 Å². The van der Waals surface area contributed by atoms with Gasteiger partial charge in [0, 0.05) is 6.07 Å². The van der Waals surface area contributed by atoms with Gasteiger partial charge < -0.3 is 10.1 Å². The molecule has 7 heteroatoms. The molecule has 0 heterocycles. The number of nitrogens with zero attached hydrogens (tertiary/aromatic N) is 1. The van der Waals surface area contributed by atoms with E-state index in [4.69, 9.17) is 4.74 Å². The molecule has 3 aromatic carbocycles. The Morgan fingerprint density at radius 2 is 1.69 bits per heavy atom. The zero-order valence-electron chi connectivity index (χ0n) is 18.5. The zero-order valence-corrected chi connectivity index (χ0v) is 19.3. The van der Waals surface area contributed by atoms with Crippen molar-refractivity contribution in [1.82, 2.24) is 5.32 Å². The molecule has 0 aromatic heterocycles. The molecule has 0 saturated carbocycles. The minimum Gasteiger partial charge on any atom is -0.497 e. The van der Waals surface area contributed by atoms with Crippen molar-refractivity contribution < 1.29 is 17.9 Å². The third kappa shape index (κ3) is 5.48. The minimum absolute atomic E-state index is 0.110. The Bertz CT molecular complexity index is 1150. The fourth-order valence-corrected chi connectivity index (χ4v) is 4.78. The second-order valence-corrected chi connectivity index (χ2v) is 9.27. The topological polar surface area (TPSA) is 75.7 Å². The van der Waals surface area contributed by atoms with Gasteiger partial charge in [-0.05, 0) is 48.7 Å². The lowest BCUT2D eigenvalue weighted by Gasteiger charge is -2.25. The molecular weight excluding hydrogens is 424 g/mol. The van der Waals surface area contributed by atoms with Gasteiger partial charge in [0.15, 0.2) is 0 Å². The van der Waals surface area contributed by atoms with Crippen LogP contribution in [0.1, 0.15) is 31.0 Å². The first kappa shape index (κ1) is 23.3. The van der Waals surface area contributed by atoms with Crippen molar-refractivity contribution >= 4 is 21.6 Å². The van der Waals surface area contributed by atoms with E-state index < -0.39 is 15.9 Å². The second kappa shape index (κ2) is 10.3. The highest BCUT2D eigenvalue weighted by Crippen LogP contribution is 2.27. The zero-order chi connectivity index (χ0) is 23.1. The average Bonchev–Trinajstić information content (AvgIpc) is 2.83. The fraction of sp³-hybridized carbons (Fsp3) is 0.240. The van der Waals surface area contributed by atoms with Gasteiger partial charge in [0.25, 0.3) is 10.0 Å². The first-order valence-corrected chi connectivity index (χ1v) is 11.9. The highest BCUT2D eigenvalue weighted by atomic mass is 32.2. The monoisotopic (exact) mass is 452 g/mol. The summed E-state index contributed by atoms with van der Waals surface area (Å²) in [7, 11) is -2.46. The molecule has 1 atom stereocenters. The third-order valence-electron chi connectivity index (χ3n) is 5.23. The fourth-order valence-electron chi connectivity index (χ4n) is 3.34. The molecule has 1 N–H and O–H groups in total. The number of rotatable bonds is 9. The van der Waals surface area contributed by atoms with Crippen LogP contribution in [-0.2, 0) is 21.2 Å². The quantitative estimate of drug-likeness (QED) is 0.524. The molecule has 0 aliphatic heterocycles. The van der Waals surface area contributed by atoms with Crippen LogP contribution in [0.3, 0.4) is 0 Å². The predicted molar refractivity (Wildman–Crippen MR) is 126 cm³/mol. The maximum Gasteiger partial charge on any atom is 0.264 e. The summed E-state index contributed by atoms with van der Waals surface area (Å²) in [5.74, 6) is 0.0972. The smallest absolute Gasteiger partial charge is 0.264 e. The van der Waals surface area contributed by atoms with Gasteiger partial charge in [-0.15, -0.1) is 0 Å². The summed E-state index contributed by atoms with van der Waals surface area (Å²) < 4.78 is 33.2. The predicted octanol–water partition coefficient (Wildman–Crippen LogP) is 4.33. The molecule has 3 rings (SSSR count). The maximum atomic E-state index is 13.4. The van der Waals surface area contributed by atoms with Crippen LogP contribution in [0, 0.1) is 0 Å². The van der Waals surface area contributed by atoms with Crippen LogP contribution in [0.15, 0.2) is 83.8 Å². The van der Waals surface area contributed by atoms with Crippen molar-refractivity contribution in [2.24, 2.45) is 0 Å². The van der Waals surface area contributed by atoms with Gasteiger partial charge in [0.2, 0.25) is 5.91 Å². The molecule has 32 heavy (non-hydrogen) atoms. The van der Waals surface area contributed by atoms with Crippen molar-refractivity contribution in [3.05, 3.63) is 90.0 Å². The van der Waals surface area contributed by atoms with E-state index in [9.17, 15) is 13.2 Å². The van der Waals surface area contributed by atoms with Gasteiger partial charge in [-0.3, -0.25) is 9.10 Å². The molecule has 0 radical (unpaired) electrons. The van der Waals surface area contributed by atoms with Crippen LogP contribution in [0.5, 0.6) is 5.75 Å². The highest BCUT2D eigenvalue weighted by molar-refractivity contribution is 7.92. The van der Waals surface area contributed by atoms with Crippen LogP contribution in [0.2, 0.25) is 0 Å². The van der Waals surface area contributed by atoms with Crippen molar-refractivity contribution in [2.45, 2.75) is 31.2 Å². The molecule has 168 valence electrons. The number of benzene rings is 3. The first-order valence-electron chi connectivity index (χ1n) is 10.4. The van der Waals surface area contributed by atoms with E-state index in [2.05, 4.69) is 12.2 Å². The van der Waals surface area contributed by atoms with E-state index >= 15 is 0 Å². The lowest BCUT2D eigenvalue weighted by molar-refractivity contribution is -0.120. The van der Waals surface area contributed by atoms with Crippen LogP contribution in [-0.4, -0.2) is 28.0 Å². The number of anilines is 1. The summed E-state index contributed by atoms with van der Waals surface area (Å²) in [6.07, 6.45) is 0.938. The molecule has 0 bridgehead atoms. The van der Waals surface area contributed by atoms with Gasteiger partial charge in [-0.2, -0.15) is 0 Å². The lowest BCUT2D eigenvalue weighted by atomic mass is 10.1. The van der Waals surface area contributed by atoms with Crippen molar-refractivity contribution in [2.75, 3.05) is 18.0 Å². The van der Waals surface area contributed by atoms with E-state index in [1.54, 1.807) is 42.5 Å². The van der Waals surface area contributed by atoms with Crippen molar-refractivity contribution in [1.29, 1.82) is 0 Å². The minimum atomic E-state index is -3.97. The number of carbonyl (C=O) groups is 1. The van der Waals surface area contributed by atoms with Crippen LogP contribution < -0.4 is 14.4 Å². The highest BCUT2D eigenvalue weighted by Gasteiger charge is 2.28. The SMILES string of the molecule is CCc1ccc(C(C)NC(=O)CN(c2cccc(OC)c2)S(=O)(=O)c2ccccc2)cc1. The Morgan fingerprint density at radius 1 is 1.00 bits per heavy atom. The van der Waals surface area contributed by atoms with E-state index in [1.165, 1.54) is 24.8 Å². The van der Waals surface area contributed by atoms with Gasteiger partial charge in [-0.1, -0.05) is 55.5 Å². The maximum absolute atomic E-state index is 13.4. The summed E-state index contributed by atoms with van der Waals surface area (Å²) >= 11 is 0. The second-order valence-electron chi connectivity index (χ2n) is 7.41. The molecule has 0 aliphatic carbocycles. The number of carbonyl (C=O) groups excluding carboxylic acids is 1. The molecule has 0 fully saturated rings. The summed E-state index contributed by atoms with van der Waals surface area (Å²) in [5, 5.41) is 2.91. The van der Waals surface area contributed by atoms with Crippen molar-refractivity contribution in [3.63, 3.8) is 0 Å². The number of hydrogen-bond donors (Lipinski definition) is 1. The lowest BCUT2D eigenvalue weighted by Crippen LogP contribution is -2.41. The molecule has 1 unspecified atom stereocenters. The molecule has 6 nitrogen and oxygen atoms in total. The molecular formula is C25H28N2O4S. The number of hydrogen-bond acceptors (Lipinski definition) is 4. The Morgan fingerprint density at radius 3 is 2.31 bits per heavy atom. The average molecular weight is 453 g/mol. The summed E-state index contributed by atoms with van der Waals surface area (Å²) in [4.78, 5) is 13.0. The van der Waals surface area contributed by atoms with Crippen LogP contribution >= 0.6 is 0 Å². The molecule has 0 aliphatic rings. The number of ether oxygens (including phenoxy) is 1. The number of sulfonamides is 1. The molecule has 1 amide bonds. The molecule has 3 aromatic rings. The molecule has 0 saturated heterocycles. The van der Waals surface area contributed by atoms with E-state index in [0.29, 0.717) is 11.4 Å². The summed E-state index contributed by atoms with van der Waals surface area (Å²) in [5.41, 5.74) is 2.52. The number of nitrogens with one attached hydrogen (secondary N) is 1. The van der Waals surface area contributed by atoms with E-state index in [0.717, 1.165) is 16.3 Å². The standard InChI is InChI=1S/C25H28N2O4S/c1-4-20-13-15-21(16-14-20)19(2)26-25(28)18-27(22-9-8-10-23(17-22)31-3)32(29,30)24-11-6-5-7-12-24/h5-17,19H,4,18H2,1-3H3,(H,26,28). The Labute approximate surface area is 189 Å². The Balaban J connectivity index is 1.87. The van der Waals surface area contributed by atoms with Gasteiger partial charge in [0.1, 0.15) is 12.3 Å². The van der Waals surface area contributed by atoms with E-state index in [-0.39, 0.29) is 17.5 Å². The van der Waals surface area contributed by atoms with Crippen LogP contribution in [0.25, 0.3) is 0 Å². The third-order valence-corrected chi connectivity index (χ3v) is 7.01. The van der Waals surface area contributed by atoms with Gasteiger partial charge in [-0.25, -0.2) is 8.42 Å². The van der Waals surface area contributed by atoms with Crippen LogP contribution in [0.4, 0.5) is 5.69 Å². The normalized spacial score (nSPS) is 12.1. The Hall–Kier alpha value is -3.32. The Kier molecular flexibility index (Phi) is 7.53. The molecule has 0 spiro atoms. The largest absolute Gasteiger partial charge is 0.497 e. The summed E-state index contributed by atoms with van der Waals surface area (Å²) in [6.45, 7) is 3.60. The number of methoxy groups -OCH3 is 1. The number of amides is 1. The first-order chi connectivity index (χ1) is 15.3. The summed E-state index contributed by atoms with van der Waals surface area (Å²) in [6, 6.07) is 22.5.